The van der Waals surface area contributed by atoms with Crippen LogP contribution in [0.25, 0.3) is 0 Å². The predicted octanol–water partition coefficient (Wildman–Crippen LogP) is 16.5. The van der Waals surface area contributed by atoms with Gasteiger partial charge in [-0.15, -0.1) is 0 Å². The van der Waals surface area contributed by atoms with Gasteiger partial charge in [0.15, 0.2) is 0 Å². The third-order valence-electron chi connectivity index (χ3n) is 15.7. The SMILES string of the molecule is CC.CC1=CC=C(Oc2ccc(C3(C4=CC=C(Oc5ccc(C)cc5)CC4)CCC(C)(C4CC4)C(CCCC4CCC(C(C)CCCC(C)C)C4C)C3)cc2)CC1. The summed E-state index contributed by atoms with van der Waals surface area (Å²) in [5.41, 5.74) is 6.34. The lowest BCUT2D eigenvalue weighted by molar-refractivity contribution is 0.0422. The Hall–Kier alpha value is -3.00. The van der Waals surface area contributed by atoms with Gasteiger partial charge < -0.3 is 9.47 Å². The third kappa shape index (κ3) is 10.8. The highest BCUT2D eigenvalue weighted by Crippen LogP contribution is 2.63. The van der Waals surface area contributed by atoms with Crippen LogP contribution in [0.3, 0.4) is 0 Å². The summed E-state index contributed by atoms with van der Waals surface area (Å²) in [5, 5.41) is 0. The Kier molecular flexibility index (Phi) is 15.2. The molecule has 7 atom stereocenters. The molecule has 57 heavy (non-hydrogen) atoms. The van der Waals surface area contributed by atoms with E-state index in [-0.39, 0.29) is 5.41 Å². The van der Waals surface area contributed by atoms with Crippen molar-refractivity contribution in [3.8, 4) is 11.5 Å². The van der Waals surface area contributed by atoms with Crippen LogP contribution < -0.4 is 9.47 Å². The average Bonchev–Trinajstić information content (AvgIpc) is 4.02. The topological polar surface area (TPSA) is 18.5 Å². The first-order valence-electron chi connectivity index (χ1n) is 23.8. The van der Waals surface area contributed by atoms with Gasteiger partial charge >= 0.3 is 0 Å². The minimum absolute atomic E-state index is 0.0601. The molecule has 312 valence electrons. The Labute approximate surface area is 350 Å². The summed E-state index contributed by atoms with van der Waals surface area (Å²) < 4.78 is 12.9. The first-order valence-corrected chi connectivity index (χ1v) is 23.8. The van der Waals surface area contributed by atoms with E-state index < -0.39 is 0 Å². The van der Waals surface area contributed by atoms with E-state index in [2.05, 4.69) is 121 Å². The third-order valence-corrected chi connectivity index (χ3v) is 15.7. The quantitative estimate of drug-likeness (QED) is 0.169. The van der Waals surface area contributed by atoms with Crippen molar-refractivity contribution in [1.29, 1.82) is 0 Å². The number of aryl methyl sites for hydroxylation is 1. The molecule has 7 unspecified atom stereocenters. The van der Waals surface area contributed by atoms with Gasteiger partial charge in [0, 0.05) is 18.3 Å². The summed E-state index contributed by atoms with van der Waals surface area (Å²) in [6.45, 7) is 21.0. The van der Waals surface area contributed by atoms with Crippen LogP contribution in [0.2, 0.25) is 0 Å². The lowest BCUT2D eigenvalue weighted by Crippen LogP contribution is -2.45. The zero-order valence-electron chi connectivity index (χ0n) is 37.8. The van der Waals surface area contributed by atoms with Crippen LogP contribution in [0.1, 0.15) is 176 Å². The second-order valence-corrected chi connectivity index (χ2v) is 19.9. The Morgan fingerprint density at radius 2 is 1.33 bits per heavy atom. The number of rotatable bonds is 16. The second-order valence-electron chi connectivity index (χ2n) is 19.9. The zero-order chi connectivity index (χ0) is 40.6. The second kappa shape index (κ2) is 19.8. The minimum Gasteiger partial charge on any atom is -0.462 e. The van der Waals surface area contributed by atoms with Crippen molar-refractivity contribution in [1.82, 2.24) is 0 Å². The molecule has 0 amide bonds. The Morgan fingerprint density at radius 1 is 0.684 bits per heavy atom. The molecule has 7 rings (SSSR count). The molecule has 2 nitrogen and oxygen atoms in total. The summed E-state index contributed by atoms with van der Waals surface area (Å²) in [5.74, 6) is 10.2. The normalized spacial score (nSPS) is 29.4. The summed E-state index contributed by atoms with van der Waals surface area (Å²) in [6.07, 6.45) is 31.4. The van der Waals surface area contributed by atoms with Crippen LogP contribution in [0, 0.1) is 53.8 Å². The molecule has 0 spiro atoms. The molecule has 2 aromatic carbocycles. The van der Waals surface area contributed by atoms with E-state index >= 15 is 0 Å². The van der Waals surface area contributed by atoms with Crippen molar-refractivity contribution in [3.05, 3.63) is 107 Å². The number of ether oxygens (including phenoxy) is 2. The van der Waals surface area contributed by atoms with Gasteiger partial charge in [-0.1, -0.05) is 134 Å². The maximum absolute atomic E-state index is 6.43. The largest absolute Gasteiger partial charge is 0.462 e. The molecule has 0 bridgehead atoms. The van der Waals surface area contributed by atoms with Crippen LogP contribution in [0.5, 0.6) is 11.5 Å². The van der Waals surface area contributed by atoms with Crippen LogP contribution in [0.15, 0.2) is 95.5 Å². The fraction of sp³-hybridized carbons (Fsp3) is 0.636. The molecular formula is C55H80O2. The molecule has 0 radical (unpaired) electrons. The van der Waals surface area contributed by atoms with Crippen LogP contribution in [-0.2, 0) is 5.41 Å². The van der Waals surface area contributed by atoms with E-state index in [1.165, 1.54) is 100 Å². The maximum Gasteiger partial charge on any atom is 0.126 e. The predicted molar refractivity (Wildman–Crippen MR) is 244 cm³/mol. The summed E-state index contributed by atoms with van der Waals surface area (Å²) >= 11 is 0. The first-order chi connectivity index (χ1) is 27.5. The van der Waals surface area contributed by atoms with E-state index in [9.17, 15) is 0 Å². The van der Waals surface area contributed by atoms with Gasteiger partial charge in [0.1, 0.15) is 23.0 Å². The van der Waals surface area contributed by atoms with Gasteiger partial charge in [0.2, 0.25) is 0 Å². The van der Waals surface area contributed by atoms with E-state index in [0.717, 1.165) is 90.1 Å². The smallest absolute Gasteiger partial charge is 0.126 e. The Balaban J connectivity index is 0.00000270. The average molecular weight is 773 g/mol. The number of hydrogen-bond donors (Lipinski definition) is 0. The van der Waals surface area contributed by atoms with Crippen molar-refractivity contribution < 1.29 is 9.47 Å². The molecule has 0 N–H and O–H groups in total. The Bertz CT molecular complexity index is 1700. The summed E-state index contributed by atoms with van der Waals surface area (Å²) in [4.78, 5) is 0. The fourth-order valence-corrected chi connectivity index (χ4v) is 11.7. The van der Waals surface area contributed by atoms with Gasteiger partial charge in [0.05, 0.1) is 0 Å². The highest BCUT2D eigenvalue weighted by Gasteiger charge is 2.54. The van der Waals surface area contributed by atoms with Crippen LogP contribution >= 0.6 is 0 Å². The number of benzene rings is 2. The lowest BCUT2D eigenvalue weighted by atomic mass is 9.51. The Morgan fingerprint density at radius 3 is 1.93 bits per heavy atom. The van der Waals surface area contributed by atoms with Crippen molar-refractivity contribution in [3.63, 3.8) is 0 Å². The summed E-state index contributed by atoms with van der Waals surface area (Å²) in [7, 11) is 0. The first kappa shape index (κ1) is 43.6. The standard InChI is InChI=1S/C53H74O2.C2H6/c1-37(2)10-8-11-40(5)51-33-18-42(41(51)6)12-9-13-46-36-53(35-34-52(46,7)43-19-20-43,44-21-29-49(30-22-44)54-47-25-14-38(3)15-26-47)45-23-31-50(32-24-45)55-48-27-16-39(4)17-28-48;1-2/h14-16,21,23-27,29,31-32,37,40-43,46,51H,8-13,17-20,22,28,30,33-36H2,1-7H3;1-2H3. The summed E-state index contributed by atoms with van der Waals surface area (Å²) in [6, 6.07) is 17.9. The van der Waals surface area contributed by atoms with Gasteiger partial charge in [-0.25, -0.2) is 0 Å². The highest BCUT2D eigenvalue weighted by molar-refractivity contribution is 5.44. The monoisotopic (exact) mass is 773 g/mol. The van der Waals surface area contributed by atoms with Crippen molar-refractivity contribution >= 4 is 0 Å². The van der Waals surface area contributed by atoms with Gasteiger partial charge in [-0.2, -0.15) is 0 Å². The van der Waals surface area contributed by atoms with Crippen molar-refractivity contribution in [2.45, 2.75) is 177 Å². The lowest BCUT2D eigenvalue weighted by Gasteiger charge is -2.53. The molecule has 0 saturated heterocycles. The maximum atomic E-state index is 6.43. The number of hydrogen-bond acceptors (Lipinski definition) is 2. The van der Waals surface area contributed by atoms with Crippen LogP contribution in [-0.4, -0.2) is 0 Å². The molecular weight excluding hydrogens is 693 g/mol. The van der Waals surface area contributed by atoms with Crippen molar-refractivity contribution in [2.24, 2.45) is 46.8 Å². The zero-order valence-corrected chi connectivity index (χ0v) is 37.8. The number of allylic oxidation sites excluding steroid dienone is 8. The molecule has 5 aliphatic carbocycles. The molecule has 3 saturated carbocycles. The minimum atomic E-state index is 0.0601. The van der Waals surface area contributed by atoms with Gasteiger partial charge in [-0.3, -0.25) is 0 Å². The molecule has 0 heterocycles. The fourth-order valence-electron chi connectivity index (χ4n) is 11.7. The molecule has 0 aromatic heterocycles. The van der Waals surface area contributed by atoms with Crippen LogP contribution in [0.4, 0.5) is 0 Å². The molecule has 5 aliphatic rings. The molecule has 0 aliphatic heterocycles. The van der Waals surface area contributed by atoms with E-state index in [1.54, 1.807) is 5.57 Å². The molecule has 2 heteroatoms. The molecule has 2 aromatic rings. The van der Waals surface area contributed by atoms with Crippen molar-refractivity contribution in [2.75, 3.05) is 0 Å². The van der Waals surface area contributed by atoms with E-state index in [0.29, 0.717) is 5.41 Å². The highest BCUT2D eigenvalue weighted by atomic mass is 16.5. The van der Waals surface area contributed by atoms with Gasteiger partial charge in [0.25, 0.3) is 0 Å². The van der Waals surface area contributed by atoms with Gasteiger partial charge in [-0.05, 0) is 167 Å². The van der Waals surface area contributed by atoms with E-state index in [4.69, 9.17) is 9.47 Å². The molecule has 3 fully saturated rings. The van der Waals surface area contributed by atoms with E-state index in [1.807, 2.05) is 13.8 Å².